The Balaban J connectivity index is 1.98. The molecule has 2 fully saturated rings. The van der Waals surface area contributed by atoms with E-state index < -0.39 is 0 Å². The summed E-state index contributed by atoms with van der Waals surface area (Å²) in [6, 6.07) is 0.449. The largest absolute Gasteiger partial charge is 0.313 e. The van der Waals surface area contributed by atoms with Crippen LogP contribution in [0.25, 0.3) is 0 Å². The molecule has 0 aromatic rings. The number of hydroxylamine groups is 2. The van der Waals surface area contributed by atoms with Gasteiger partial charge in [0.05, 0.1) is 0 Å². The lowest BCUT2D eigenvalue weighted by Gasteiger charge is -2.35. The molecule has 0 aromatic heterocycles. The third kappa shape index (κ3) is 1.82. The van der Waals surface area contributed by atoms with Crippen LogP contribution in [0, 0.1) is 5.92 Å². The Morgan fingerprint density at radius 1 is 1.07 bits per heavy atom. The minimum atomic E-state index is 0.0160. The predicted molar refractivity (Wildman–Crippen MR) is 57.3 cm³/mol. The highest BCUT2D eigenvalue weighted by Gasteiger charge is 2.42. The van der Waals surface area contributed by atoms with Crippen LogP contribution in [0.5, 0.6) is 0 Å². The van der Waals surface area contributed by atoms with Crippen molar-refractivity contribution >= 4 is 0 Å². The first-order valence-corrected chi connectivity index (χ1v) is 6.09. The summed E-state index contributed by atoms with van der Waals surface area (Å²) in [6.07, 6.45) is 9.14. The second-order valence-electron chi connectivity index (χ2n) is 5.66. The topological polar surface area (TPSA) is 23.5 Å². The fourth-order valence-corrected chi connectivity index (χ4v) is 3.14. The number of hydrogen-bond donors (Lipinski definition) is 1. The lowest BCUT2D eigenvalue weighted by atomic mass is 9.83. The molecule has 2 heteroatoms. The highest BCUT2D eigenvalue weighted by molar-refractivity contribution is 4.93. The second kappa shape index (κ2) is 3.82. The maximum absolute atomic E-state index is 10.1. The fraction of sp³-hybridized carbons (Fsp3) is 1.00. The third-order valence-corrected chi connectivity index (χ3v) is 4.18. The van der Waals surface area contributed by atoms with Gasteiger partial charge in [0.2, 0.25) is 0 Å². The molecule has 2 rings (SSSR count). The molecular weight excluding hydrogens is 174 g/mol. The third-order valence-electron chi connectivity index (χ3n) is 4.18. The van der Waals surface area contributed by atoms with Gasteiger partial charge >= 0.3 is 0 Å². The predicted octanol–water partition coefficient (Wildman–Crippen LogP) is 3.20. The van der Waals surface area contributed by atoms with Crippen LogP contribution in [-0.2, 0) is 0 Å². The summed E-state index contributed by atoms with van der Waals surface area (Å²) in [6.45, 7) is 4.30. The minimum absolute atomic E-state index is 0.0160. The van der Waals surface area contributed by atoms with E-state index in [0.29, 0.717) is 6.04 Å². The van der Waals surface area contributed by atoms with Gasteiger partial charge in [-0.05, 0) is 45.4 Å². The monoisotopic (exact) mass is 197 g/mol. The Morgan fingerprint density at radius 3 is 2.21 bits per heavy atom. The average molecular weight is 197 g/mol. The van der Waals surface area contributed by atoms with Crippen molar-refractivity contribution in [2.75, 3.05) is 0 Å². The molecule has 1 aliphatic carbocycles. The second-order valence-corrected chi connectivity index (χ2v) is 5.66. The Kier molecular flexibility index (Phi) is 2.85. The summed E-state index contributed by atoms with van der Waals surface area (Å²) in [5.41, 5.74) is 0.0160. The number of hydrogen-bond acceptors (Lipinski definition) is 2. The van der Waals surface area contributed by atoms with E-state index in [0.717, 1.165) is 12.3 Å². The normalized spacial score (nSPS) is 34.9. The Labute approximate surface area is 87.3 Å². The van der Waals surface area contributed by atoms with Gasteiger partial charge in [-0.15, -0.1) is 0 Å². The van der Waals surface area contributed by atoms with Crippen molar-refractivity contribution in [3.05, 3.63) is 0 Å². The summed E-state index contributed by atoms with van der Waals surface area (Å²) in [5, 5.41) is 11.8. The zero-order valence-corrected chi connectivity index (χ0v) is 9.50. The number of rotatable bonds is 1. The smallest absolute Gasteiger partial charge is 0.0408 e. The van der Waals surface area contributed by atoms with Crippen LogP contribution in [0.3, 0.4) is 0 Å². The summed E-state index contributed by atoms with van der Waals surface area (Å²) in [4.78, 5) is 0. The Morgan fingerprint density at radius 2 is 1.71 bits per heavy atom. The average Bonchev–Trinajstić information content (AvgIpc) is 2.44. The van der Waals surface area contributed by atoms with Crippen LogP contribution < -0.4 is 0 Å². The van der Waals surface area contributed by atoms with Gasteiger partial charge in [0.25, 0.3) is 0 Å². The molecule has 0 amide bonds. The summed E-state index contributed by atoms with van der Waals surface area (Å²) in [7, 11) is 0. The molecule has 1 atom stereocenters. The molecule has 1 aliphatic heterocycles. The quantitative estimate of drug-likeness (QED) is 0.697. The zero-order valence-electron chi connectivity index (χ0n) is 9.50. The van der Waals surface area contributed by atoms with E-state index in [1.165, 1.54) is 38.5 Å². The molecule has 0 aromatic carbocycles. The van der Waals surface area contributed by atoms with Crippen molar-refractivity contribution in [1.82, 2.24) is 5.06 Å². The van der Waals surface area contributed by atoms with E-state index >= 15 is 0 Å². The molecule has 1 unspecified atom stereocenters. The van der Waals surface area contributed by atoms with Gasteiger partial charge in [0.1, 0.15) is 0 Å². The van der Waals surface area contributed by atoms with Crippen LogP contribution in [0.2, 0.25) is 0 Å². The highest BCUT2D eigenvalue weighted by Crippen LogP contribution is 2.39. The van der Waals surface area contributed by atoms with E-state index in [4.69, 9.17) is 0 Å². The first-order valence-electron chi connectivity index (χ1n) is 6.09. The molecule has 2 nitrogen and oxygen atoms in total. The van der Waals surface area contributed by atoms with Gasteiger partial charge in [0, 0.05) is 11.6 Å². The molecule has 82 valence electrons. The standard InChI is InChI=1S/C12H23NO/c1-12(2)9-8-11(13(12)14)10-6-4-3-5-7-10/h10-11,14H,3-9H2,1-2H3. The minimum Gasteiger partial charge on any atom is -0.313 e. The van der Waals surface area contributed by atoms with Crippen molar-refractivity contribution in [3.63, 3.8) is 0 Å². The summed E-state index contributed by atoms with van der Waals surface area (Å²) in [5.74, 6) is 0.760. The van der Waals surface area contributed by atoms with E-state index in [-0.39, 0.29) is 5.54 Å². The van der Waals surface area contributed by atoms with Crippen molar-refractivity contribution < 1.29 is 5.21 Å². The molecule has 2 aliphatic rings. The number of nitrogens with zero attached hydrogens (tertiary/aromatic N) is 1. The molecule has 1 saturated carbocycles. The molecule has 0 spiro atoms. The Hall–Kier alpha value is -0.0800. The van der Waals surface area contributed by atoms with Crippen molar-refractivity contribution in [2.24, 2.45) is 5.92 Å². The maximum Gasteiger partial charge on any atom is 0.0408 e. The van der Waals surface area contributed by atoms with Gasteiger partial charge in [-0.1, -0.05) is 19.3 Å². The van der Waals surface area contributed by atoms with Crippen LogP contribution in [0.1, 0.15) is 58.8 Å². The molecule has 1 saturated heterocycles. The van der Waals surface area contributed by atoms with Crippen LogP contribution in [0.15, 0.2) is 0 Å². The van der Waals surface area contributed by atoms with Crippen molar-refractivity contribution in [3.8, 4) is 0 Å². The van der Waals surface area contributed by atoms with E-state index in [9.17, 15) is 5.21 Å². The van der Waals surface area contributed by atoms with Gasteiger partial charge in [-0.25, -0.2) is 0 Å². The van der Waals surface area contributed by atoms with Crippen LogP contribution in [0.4, 0.5) is 0 Å². The van der Waals surface area contributed by atoms with Crippen molar-refractivity contribution in [2.45, 2.75) is 70.4 Å². The van der Waals surface area contributed by atoms with Crippen molar-refractivity contribution in [1.29, 1.82) is 0 Å². The molecule has 1 heterocycles. The van der Waals surface area contributed by atoms with E-state index in [2.05, 4.69) is 13.8 Å². The lowest BCUT2D eigenvalue weighted by molar-refractivity contribution is -0.177. The highest BCUT2D eigenvalue weighted by atomic mass is 16.5. The van der Waals surface area contributed by atoms with Crippen LogP contribution >= 0.6 is 0 Å². The van der Waals surface area contributed by atoms with E-state index in [1.807, 2.05) is 0 Å². The maximum atomic E-state index is 10.1. The zero-order chi connectivity index (χ0) is 10.2. The molecule has 1 N–H and O–H groups in total. The molecule has 14 heavy (non-hydrogen) atoms. The lowest BCUT2D eigenvalue weighted by Crippen LogP contribution is -2.43. The molecular formula is C12H23NO. The van der Waals surface area contributed by atoms with Gasteiger partial charge < -0.3 is 5.21 Å². The Bertz CT molecular complexity index is 196. The van der Waals surface area contributed by atoms with Crippen LogP contribution in [-0.4, -0.2) is 21.9 Å². The first-order chi connectivity index (χ1) is 6.61. The summed E-state index contributed by atoms with van der Waals surface area (Å²) >= 11 is 0. The fourth-order valence-electron chi connectivity index (χ4n) is 3.14. The van der Waals surface area contributed by atoms with Gasteiger partial charge in [-0.2, -0.15) is 5.06 Å². The summed E-state index contributed by atoms with van der Waals surface area (Å²) < 4.78 is 0. The van der Waals surface area contributed by atoms with Gasteiger partial charge in [0.15, 0.2) is 0 Å². The molecule has 0 bridgehead atoms. The first kappa shape index (κ1) is 10.4. The SMILES string of the molecule is CC1(C)CCC(C2CCCCC2)N1O. The van der Waals surface area contributed by atoms with Gasteiger partial charge in [-0.3, -0.25) is 0 Å². The van der Waals surface area contributed by atoms with E-state index in [1.54, 1.807) is 5.06 Å². The molecule has 0 radical (unpaired) electrons.